The van der Waals surface area contributed by atoms with Crippen molar-refractivity contribution in [1.82, 2.24) is 0 Å². The van der Waals surface area contributed by atoms with Crippen LogP contribution >= 0.6 is 0 Å². The normalized spacial score (nSPS) is 21.2. The fourth-order valence-corrected chi connectivity index (χ4v) is 5.39. The maximum atomic E-state index is 13.8. The molecule has 3 unspecified atom stereocenters. The molecule has 6 heteroatoms. The second-order valence-corrected chi connectivity index (χ2v) is 11.5. The van der Waals surface area contributed by atoms with Gasteiger partial charge in [0, 0.05) is 0 Å². The highest BCUT2D eigenvalue weighted by Gasteiger charge is 2.50. The van der Waals surface area contributed by atoms with Crippen molar-refractivity contribution in [2.75, 3.05) is 6.61 Å². The lowest BCUT2D eigenvalue weighted by molar-refractivity contribution is -0.266. The monoisotopic (exact) mass is 606 g/mol. The second-order valence-electron chi connectivity index (χ2n) is 11.5. The minimum atomic E-state index is -0.911. The van der Waals surface area contributed by atoms with Crippen molar-refractivity contribution < 1.29 is 28.5 Å². The molecular weight excluding hydrogens is 564 g/mol. The molecule has 0 aliphatic carbocycles. The Morgan fingerprint density at radius 2 is 0.978 bits per heavy atom. The average molecular weight is 607 g/mol. The molecule has 0 amide bonds. The third-order valence-electron chi connectivity index (χ3n) is 7.59. The topological polar surface area (TPSA) is 63.2 Å². The number of carbonyl (C=O) groups excluding carboxylic acids is 1. The van der Waals surface area contributed by atoms with Crippen molar-refractivity contribution in [2.24, 2.45) is 0 Å². The van der Waals surface area contributed by atoms with Crippen LogP contribution in [0.4, 0.5) is 0 Å². The number of hydrogen-bond donors (Lipinski definition) is 0. The van der Waals surface area contributed by atoms with Crippen LogP contribution in [0, 0.1) is 0 Å². The molecule has 1 fully saturated rings. The highest BCUT2D eigenvalue weighted by Crippen LogP contribution is 2.32. The first-order valence-electron chi connectivity index (χ1n) is 15.5. The summed E-state index contributed by atoms with van der Waals surface area (Å²) < 4.78 is 32.7. The van der Waals surface area contributed by atoms with Gasteiger partial charge in [-0.1, -0.05) is 127 Å². The number of ketones is 1. The molecule has 6 nitrogen and oxygen atoms in total. The van der Waals surface area contributed by atoms with Gasteiger partial charge in [0.1, 0.15) is 30.5 Å². The summed E-state index contributed by atoms with van der Waals surface area (Å²) >= 11 is 0. The van der Waals surface area contributed by atoms with Gasteiger partial charge in [0.2, 0.25) is 0 Å². The van der Waals surface area contributed by atoms with Crippen LogP contribution in [0.1, 0.15) is 36.1 Å². The number of benzene rings is 4. The summed E-state index contributed by atoms with van der Waals surface area (Å²) in [5, 5.41) is 0. The lowest BCUT2D eigenvalue weighted by Gasteiger charge is -2.45. The lowest BCUT2D eigenvalue weighted by atomic mass is 9.91. The second kappa shape index (κ2) is 17.0. The molecule has 0 N–H and O–H groups in total. The Labute approximate surface area is 266 Å². The number of allylic oxidation sites excluding steroid dienone is 1. The van der Waals surface area contributed by atoms with Crippen LogP contribution in [0.3, 0.4) is 0 Å². The van der Waals surface area contributed by atoms with Gasteiger partial charge in [0.05, 0.1) is 33.0 Å². The highest BCUT2D eigenvalue weighted by molar-refractivity contribution is 5.94. The van der Waals surface area contributed by atoms with Gasteiger partial charge in [-0.25, -0.2) is 0 Å². The molecule has 4 aromatic carbocycles. The molecule has 4 aromatic rings. The van der Waals surface area contributed by atoms with Crippen LogP contribution in [-0.4, -0.2) is 42.9 Å². The minimum absolute atomic E-state index is 0.170. The summed E-state index contributed by atoms with van der Waals surface area (Å²) in [6, 6.07) is 39.9. The fraction of sp³-hybridized carbons (Fsp3) is 0.308. The fourth-order valence-electron chi connectivity index (χ4n) is 5.39. The highest BCUT2D eigenvalue weighted by atomic mass is 16.6. The first-order chi connectivity index (χ1) is 22.1. The van der Waals surface area contributed by atoms with Crippen LogP contribution in [0.2, 0.25) is 0 Å². The maximum Gasteiger partial charge on any atom is 0.187 e. The van der Waals surface area contributed by atoms with Crippen molar-refractivity contribution in [3.8, 4) is 0 Å². The molecule has 0 radical (unpaired) electrons. The molecular formula is C39H42O6. The standard InChI is InChI=1S/C39H42O6/c1-29(2)23-34(40)36-38(43-26-32-19-11-5-12-20-32)39(44-27-33-21-13-6-14-22-33)37(42-25-31-17-9-4-10-18-31)35(45-36)28-41-24-30-15-7-3-8-16-30/h3-23,35-39H,24-28H2,1-2H3/t35?,36-,37-,38?,39?/m0/s1. The van der Waals surface area contributed by atoms with E-state index >= 15 is 0 Å². The Bertz CT molecular complexity index is 1450. The van der Waals surface area contributed by atoms with E-state index in [0.717, 1.165) is 27.8 Å². The van der Waals surface area contributed by atoms with E-state index in [4.69, 9.17) is 23.7 Å². The zero-order chi connectivity index (χ0) is 31.3. The van der Waals surface area contributed by atoms with Gasteiger partial charge in [-0.15, -0.1) is 0 Å². The molecule has 1 heterocycles. The molecule has 5 rings (SSSR count). The SMILES string of the molecule is CC(C)=CC(=O)[C@@H]1OC(COCc2ccccc2)[C@H](OCc2ccccc2)C(OCc2ccccc2)C1OCc1ccccc1. The molecule has 0 aromatic heterocycles. The van der Waals surface area contributed by atoms with E-state index in [1.165, 1.54) is 0 Å². The average Bonchev–Trinajstić information content (AvgIpc) is 3.07. The Kier molecular flexibility index (Phi) is 12.2. The van der Waals surface area contributed by atoms with Gasteiger partial charge < -0.3 is 23.7 Å². The molecule has 0 spiro atoms. The number of ether oxygens (including phenoxy) is 5. The van der Waals surface area contributed by atoms with E-state index in [1.54, 1.807) is 6.08 Å². The zero-order valence-electron chi connectivity index (χ0n) is 26.0. The van der Waals surface area contributed by atoms with Crippen LogP contribution < -0.4 is 0 Å². The Morgan fingerprint density at radius 1 is 0.578 bits per heavy atom. The maximum absolute atomic E-state index is 13.8. The van der Waals surface area contributed by atoms with Gasteiger partial charge in [-0.05, 0) is 42.2 Å². The third kappa shape index (κ3) is 9.79. The molecule has 1 aliphatic rings. The van der Waals surface area contributed by atoms with Crippen molar-refractivity contribution >= 4 is 5.78 Å². The Hall–Kier alpha value is -3.91. The van der Waals surface area contributed by atoms with Crippen LogP contribution in [-0.2, 0) is 54.9 Å². The predicted molar refractivity (Wildman–Crippen MR) is 174 cm³/mol. The van der Waals surface area contributed by atoms with Crippen LogP contribution in [0.5, 0.6) is 0 Å². The molecule has 1 saturated heterocycles. The first kappa shape index (κ1) is 32.5. The summed E-state index contributed by atoms with van der Waals surface area (Å²) in [4.78, 5) is 13.8. The largest absolute Gasteiger partial charge is 0.374 e. The van der Waals surface area contributed by atoms with E-state index in [9.17, 15) is 4.79 Å². The van der Waals surface area contributed by atoms with Crippen molar-refractivity contribution in [1.29, 1.82) is 0 Å². The van der Waals surface area contributed by atoms with Crippen LogP contribution in [0.15, 0.2) is 133 Å². The van der Waals surface area contributed by atoms with E-state index in [1.807, 2.05) is 135 Å². The van der Waals surface area contributed by atoms with Gasteiger partial charge in [0.15, 0.2) is 5.78 Å². The first-order valence-corrected chi connectivity index (χ1v) is 15.5. The Balaban J connectivity index is 1.47. The number of carbonyl (C=O) groups is 1. The predicted octanol–water partition coefficient (Wildman–Crippen LogP) is 7.26. The molecule has 1 aliphatic heterocycles. The van der Waals surface area contributed by atoms with Gasteiger partial charge in [0.25, 0.3) is 0 Å². The molecule has 0 bridgehead atoms. The van der Waals surface area contributed by atoms with Crippen molar-refractivity contribution in [2.45, 2.75) is 70.8 Å². The summed E-state index contributed by atoms with van der Waals surface area (Å²) in [6.07, 6.45) is -1.83. The number of hydrogen-bond acceptors (Lipinski definition) is 6. The zero-order valence-corrected chi connectivity index (χ0v) is 26.0. The quantitative estimate of drug-likeness (QED) is 0.133. The van der Waals surface area contributed by atoms with E-state index in [-0.39, 0.29) is 12.4 Å². The summed E-state index contributed by atoms with van der Waals surface area (Å²) in [5.74, 6) is -0.170. The van der Waals surface area contributed by atoms with Gasteiger partial charge >= 0.3 is 0 Å². The van der Waals surface area contributed by atoms with Crippen molar-refractivity contribution in [3.05, 3.63) is 155 Å². The van der Waals surface area contributed by atoms with Gasteiger partial charge in [-0.2, -0.15) is 0 Å². The van der Waals surface area contributed by atoms with E-state index in [0.29, 0.717) is 26.4 Å². The van der Waals surface area contributed by atoms with Crippen molar-refractivity contribution in [3.63, 3.8) is 0 Å². The third-order valence-corrected chi connectivity index (χ3v) is 7.59. The minimum Gasteiger partial charge on any atom is -0.374 e. The molecule has 45 heavy (non-hydrogen) atoms. The summed E-state index contributed by atoms with van der Waals surface area (Å²) in [5.41, 5.74) is 4.95. The number of rotatable bonds is 15. The summed E-state index contributed by atoms with van der Waals surface area (Å²) in [7, 11) is 0. The molecule has 234 valence electrons. The smallest absolute Gasteiger partial charge is 0.187 e. The summed E-state index contributed by atoms with van der Waals surface area (Å²) in [6.45, 7) is 5.37. The van der Waals surface area contributed by atoms with Gasteiger partial charge in [-0.3, -0.25) is 4.79 Å². The van der Waals surface area contributed by atoms with Crippen LogP contribution in [0.25, 0.3) is 0 Å². The lowest BCUT2D eigenvalue weighted by Crippen LogP contribution is -2.62. The molecule has 0 saturated carbocycles. The van der Waals surface area contributed by atoms with E-state index < -0.39 is 30.5 Å². The Morgan fingerprint density at radius 3 is 1.42 bits per heavy atom. The van der Waals surface area contributed by atoms with E-state index in [2.05, 4.69) is 0 Å². The molecule has 5 atom stereocenters.